The van der Waals surface area contributed by atoms with Crippen molar-refractivity contribution >= 4 is 23.2 Å². The summed E-state index contributed by atoms with van der Waals surface area (Å²) in [5, 5.41) is 11.3. The molecule has 2 aromatic carbocycles. The predicted octanol–water partition coefficient (Wildman–Crippen LogP) is 3.80. The van der Waals surface area contributed by atoms with Crippen LogP contribution in [0.3, 0.4) is 0 Å². The van der Waals surface area contributed by atoms with E-state index in [1.165, 1.54) is 7.11 Å². The highest BCUT2D eigenvalue weighted by Crippen LogP contribution is 2.27. The molecule has 6 nitrogen and oxygen atoms in total. The maximum atomic E-state index is 12.5. The number of ether oxygens (including phenoxy) is 1. The monoisotopic (exact) mass is 356 g/mol. The number of methoxy groups -OCH3 is 1. The zero-order chi connectivity index (χ0) is 18.0. The highest BCUT2D eigenvalue weighted by Gasteiger charge is 2.18. The largest absolute Gasteiger partial charge is 0.495 e. The quantitative estimate of drug-likeness (QED) is 0.772. The van der Waals surface area contributed by atoms with Crippen molar-refractivity contribution in [2.24, 2.45) is 0 Å². The van der Waals surface area contributed by atoms with E-state index in [9.17, 15) is 4.79 Å². The van der Waals surface area contributed by atoms with Crippen LogP contribution in [0.25, 0.3) is 5.69 Å². The molecule has 1 amide bonds. The van der Waals surface area contributed by atoms with Crippen molar-refractivity contribution in [3.8, 4) is 11.4 Å². The van der Waals surface area contributed by atoms with Gasteiger partial charge in [-0.2, -0.15) is 0 Å². The Kier molecular flexibility index (Phi) is 4.72. The molecule has 1 N–H and O–H groups in total. The van der Waals surface area contributed by atoms with Crippen LogP contribution in [0.5, 0.6) is 5.75 Å². The number of aryl methyl sites for hydroxylation is 1. The molecule has 1 heterocycles. The van der Waals surface area contributed by atoms with Gasteiger partial charge in [0.25, 0.3) is 5.91 Å². The van der Waals surface area contributed by atoms with Gasteiger partial charge < -0.3 is 10.1 Å². The van der Waals surface area contributed by atoms with E-state index < -0.39 is 0 Å². The summed E-state index contributed by atoms with van der Waals surface area (Å²) < 4.78 is 6.73. The fraction of sp³-hybridized carbons (Fsp3) is 0.167. The minimum Gasteiger partial charge on any atom is -0.495 e. The van der Waals surface area contributed by atoms with E-state index in [0.717, 1.165) is 11.3 Å². The molecule has 0 aliphatic carbocycles. The highest BCUT2D eigenvalue weighted by atomic mass is 35.5. The van der Waals surface area contributed by atoms with Gasteiger partial charge in [0.05, 0.1) is 23.5 Å². The van der Waals surface area contributed by atoms with Crippen molar-refractivity contribution in [3.05, 3.63) is 64.4 Å². The number of rotatable bonds is 4. The van der Waals surface area contributed by atoms with Crippen LogP contribution in [0.1, 0.15) is 21.7 Å². The fourth-order valence-electron chi connectivity index (χ4n) is 2.40. The Balaban J connectivity index is 1.83. The van der Waals surface area contributed by atoms with Crippen LogP contribution in [0.15, 0.2) is 42.5 Å². The Labute approximate surface area is 150 Å². The SMILES string of the molecule is COc1ccc(NC(=O)c2nnn(-c3ccc(C)cc3)c2C)cc1Cl. The number of carbonyl (C=O) groups excluding carboxylic acids is 1. The second kappa shape index (κ2) is 6.94. The van der Waals surface area contributed by atoms with Gasteiger partial charge in [0.1, 0.15) is 5.75 Å². The zero-order valence-corrected chi connectivity index (χ0v) is 14.8. The molecular formula is C18H17ClN4O2. The predicted molar refractivity (Wildman–Crippen MR) is 96.8 cm³/mol. The molecule has 0 unspecified atom stereocenters. The number of aromatic nitrogens is 3. The number of amides is 1. The van der Waals surface area contributed by atoms with Crippen molar-refractivity contribution in [3.63, 3.8) is 0 Å². The zero-order valence-electron chi connectivity index (χ0n) is 14.1. The van der Waals surface area contributed by atoms with Crippen LogP contribution < -0.4 is 10.1 Å². The lowest BCUT2D eigenvalue weighted by atomic mass is 10.2. The molecule has 3 rings (SSSR count). The maximum Gasteiger partial charge on any atom is 0.278 e. The number of nitrogens with zero attached hydrogens (tertiary/aromatic N) is 3. The molecule has 0 aliphatic rings. The van der Waals surface area contributed by atoms with E-state index >= 15 is 0 Å². The van der Waals surface area contributed by atoms with Crippen LogP contribution in [0, 0.1) is 13.8 Å². The molecule has 0 saturated heterocycles. The van der Waals surface area contributed by atoms with Crippen LogP contribution in [-0.2, 0) is 0 Å². The third kappa shape index (κ3) is 3.49. The number of halogens is 1. The van der Waals surface area contributed by atoms with E-state index in [1.54, 1.807) is 29.8 Å². The molecule has 0 aliphatic heterocycles. The van der Waals surface area contributed by atoms with Crippen molar-refractivity contribution in [2.45, 2.75) is 13.8 Å². The summed E-state index contributed by atoms with van der Waals surface area (Å²) in [4.78, 5) is 12.5. The molecule has 0 bridgehead atoms. The van der Waals surface area contributed by atoms with Crippen LogP contribution in [0.4, 0.5) is 5.69 Å². The summed E-state index contributed by atoms with van der Waals surface area (Å²) in [7, 11) is 1.53. The third-order valence-electron chi connectivity index (χ3n) is 3.80. The molecule has 0 fully saturated rings. The Morgan fingerprint density at radius 3 is 2.52 bits per heavy atom. The molecule has 0 atom stereocenters. The minimum absolute atomic E-state index is 0.257. The fourth-order valence-corrected chi connectivity index (χ4v) is 2.66. The highest BCUT2D eigenvalue weighted by molar-refractivity contribution is 6.32. The van der Waals surface area contributed by atoms with Gasteiger partial charge >= 0.3 is 0 Å². The molecule has 25 heavy (non-hydrogen) atoms. The van der Waals surface area contributed by atoms with E-state index in [4.69, 9.17) is 16.3 Å². The van der Waals surface area contributed by atoms with E-state index in [0.29, 0.717) is 22.2 Å². The first-order chi connectivity index (χ1) is 12.0. The molecular weight excluding hydrogens is 340 g/mol. The number of anilines is 1. The lowest BCUT2D eigenvalue weighted by molar-refractivity contribution is 0.102. The van der Waals surface area contributed by atoms with Crippen molar-refractivity contribution < 1.29 is 9.53 Å². The molecule has 1 aromatic heterocycles. The topological polar surface area (TPSA) is 69.0 Å². The Morgan fingerprint density at radius 2 is 1.88 bits per heavy atom. The van der Waals surface area contributed by atoms with Gasteiger partial charge in [-0.05, 0) is 44.2 Å². The molecule has 0 spiro atoms. The smallest absolute Gasteiger partial charge is 0.278 e. The number of hydrogen-bond acceptors (Lipinski definition) is 4. The van der Waals surface area contributed by atoms with Gasteiger partial charge in [0.2, 0.25) is 0 Å². The summed E-state index contributed by atoms with van der Waals surface area (Å²) in [6.07, 6.45) is 0. The van der Waals surface area contributed by atoms with E-state index in [2.05, 4.69) is 15.6 Å². The number of carbonyl (C=O) groups is 1. The van der Waals surface area contributed by atoms with Crippen LogP contribution in [-0.4, -0.2) is 28.0 Å². The van der Waals surface area contributed by atoms with Gasteiger partial charge in [0, 0.05) is 5.69 Å². The second-order valence-corrected chi connectivity index (χ2v) is 5.98. The second-order valence-electron chi connectivity index (χ2n) is 5.57. The Bertz CT molecular complexity index is 919. The average Bonchev–Trinajstić information content (AvgIpc) is 2.97. The number of nitrogens with one attached hydrogen (secondary N) is 1. The van der Waals surface area contributed by atoms with Crippen LogP contribution >= 0.6 is 11.6 Å². The summed E-state index contributed by atoms with van der Waals surface area (Å²) in [6, 6.07) is 12.9. The van der Waals surface area contributed by atoms with Crippen LogP contribution in [0.2, 0.25) is 5.02 Å². The molecule has 128 valence electrons. The van der Waals surface area contributed by atoms with Gasteiger partial charge in [-0.3, -0.25) is 4.79 Å². The first-order valence-electron chi connectivity index (χ1n) is 7.64. The molecule has 0 radical (unpaired) electrons. The minimum atomic E-state index is -0.350. The normalized spacial score (nSPS) is 10.6. The van der Waals surface area contributed by atoms with Gasteiger partial charge in [-0.1, -0.05) is 34.5 Å². The van der Waals surface area contributed by atoms with Gasteiger partial charge in [-0.25, -0.2) is 4.68 Å². The molecule has 7 heteroatoms. The van der Waals surface area contributed by atoms with Crippen molar-refractivity contribution in [1.29, 1.82) is 0 Å². The van der Waals surface area contributed by atoms with Gasteiger partial charge in [-0.15, -0.1) is 5.10 Å². The van der Waals surface area contributed by atoms with Gasteiger partial charge in [0.15, 0.2) is 5.69 Å². The molecule has 0 saturated carbocycles. The van der Waals surface area contributed by atoms with E-state index in [1.807, 2.05) is 31.2 Å². The number of benzene rings is 2. The van der Waals surface area contributed by atoms with E-state index in [-0.39, 0.29) is 11.6 Å². The Morgan fingerprint density at radius 1 is 1.16 bits per heavy atom. The lowest BCUT2D eigenvalue weighted by Crippen LogP contribution is -2.14. The van der Waals surface area contributed by atoms with Crippen molar-refractivity contribution in [2.75, 3.05) is 12.4 Å². The summed E-state index contributed by atoms with van der Waals surface area (Å²) in [5.41, 5.74) is 3.46. The maximum absolute atomic E-state index is 12.5. The first-order valence-corrected chi connectivity index (χ1v) is 8.01. The Hall–Kier alpha value is -2.86. The lowest BCUT2D eigenvalue weighted by Gasteiger charge is -2.07. The standard InChI is InChI=1S/C18H17ClN4O2/c1-11-4-7-14(8-5-11)23-12(2)17(21-22-23)18(24)20-13-6-9-16(25-3)15(19)10-13/h4-10H,1-3H3,(H,20,24). The molecule has 3 aromatic rings. The average molecular weight is 357 g/mol. The third-order valence-corrected chi connectivity index (χ3v) is 4.09. The summed E-state index contributed by atoms with van der Waals surface area (Å²) in [6.45, 7) is 3.81. The summed E-state index contributed by atoms with van der Waals surface area (Å²) >= 11 is 6.08. The number of hydrogen-bond donors (Lipinski definition) is 1. The summed E-state index contributed by atoms with van der Waals surface area (Å²) in [5.74, 6) is 0.193. The first kappa shape index (κ1) is 17.0. The van der Waals surface area contributed by atoms with Crippen molar-refractivity contribution in [1.82, 2.24) is 15.0 Å².